The van der Waals surface area contributed by atoms with Gasteiger partial charge in [-0.3, -0.25) is 9.97 Å². The van der Waals surface area contributed by atoms with Crippen molar-refractivity contribution < 1.29 is 43.5 Å². The van der Waals surface area contributed by atoms with Gasteiger partial charge in [0.25, 0.3) is 0 Å². The second-order valence-corrected chi connectivity index (χ2v) is 17.3. The number of ether oxygens (including phenoxy) is 1. The molecule has 0 saturated heterocycles. The summed E-state index contributed by atoms with van der Waals surface area (Å²) >= 11 is 0. The molecule has 13 rings (SSSR count). The van der Waals surface area contributed by atoms with Crippen molar-refractivity contribution in [1.29, 1.82) is 0 Å². The van der Waals surface area contributed by atoms with Crippen molar-refractivity contribution in [3.05, 3.63) is 248 Å². The Morgan fingerprint density at radius 3 is 1.55 bits per heavy atom. The zero-order chi connectivity index (χ0) is 48.7. The molecule has 12 aromatic rings. The van der Waals surface area contributed by atoms with E-state index in [1.54, 1.807) is 0 Å². The van der Waals surface area contributed by atoms with Gasteiger partial charge in [0.2, 0.25) is 5.97 Å². The van der Waals surface area contributed by atoms with Gasteiger partial charge in [-0.15, -0.1) is 30.3 Å². The number of benzene rings is 9. The van der Waals surface area contributed by atoms with E-state index in [2.05, 4.69) is 158 Å². The van der Waals surface area contributed by atoms with Gasteiger partial charge in [-0.1, -0.05) is 145 Å². The van der Waals surface area contributed by atoms with Crippen LogP contribution in [0.4, 0.5) is 8.78 Å². The molecule has 0 fully saturated rings. The third-order valence-corrected chi connectivity index (χ3v) is 12.9. The van der Waals surface area contributed by atoms with Crippen molar-refractivity contribution in [3.8, 4) is 89.5 Å². The fourth-order valence-corrected chi connectivity index (χ4v) is 9.65. The van der Waals surface area contributed by atoms with E-state index in [-0.39, 0.29) is 20.1 Å². The Morgan fingerprint density at radius 1 is 0.479 bits per heavy atom. The summed E-state index contributed by atoms with van der Waals surface area (Å²) in [7, 11) is 0. The molecule has 1 radical (unpaired) electrons. The topological polar surface area (TPSA) is 85.2 Å². The van der Waals surface area contributed by atoms with E-state index < -0.39 is 23.2 Å². The number of carbonyl (C=O) groups is 1. The van der Waals surface area contributed by atoms with Gasteiger partial charge in [-0.05, 0) is 104 Å². The Hall–Kier alpha value is -9.01. The van der Waals surface area contributed by atoms with Crippen LogP contribution in [-0.2, 0) is 20.1 Å². The van der Waals surface area contributed by atoms with Crippen molar-refractivity contribution in [2.75, 3.05) is 0 Å². The molecule has 73 heavy (non-hydrogen) atoms. The van der Waals surface area contributed by atoms with Gasteiger partial charge >= 0.3 is 0 Å². The quantitative estimate of drug-likeness (QED) is 0.160. The van der Waals surface area contributed by atoms with Crippen LogP contribution in [0, 0.1) is 23.8 Å². The Labute approximate surface area is 432 Å². The molecule has 0 aliphatic carbocycles. The smallest absolute Gasteiger partial charge is 0.247 e. The van der Waals surface area contributed by atoms with Crippen LogP contribution in [0.1, 0.15) is 10.4 Å². The number of aromatic nitrogens is 3. The summed E-state index contributed by atoms with van der Waals surface area (Å²) < 4.78 is 30.9. The normalized spacial score (nSPS) is 11.3. The molecule has 4 heterocycles. The monoisotopic (exact) mass is 1130 g/mol. The third kappa shape index (κ3) is 8.93. The van der Waals surface area contributed by atoms with Crippen molar-refractivity contribution in [3.63, 3.8) is 0 Å². The van der Waals surface area contributed by atoms with E-state index >= 15 is 0 Å². The Bertz CT molecular complexity index is 3960. The van der Waals surface area contributed by atoms with Gasteiger partial charge in [-0.2, -0.15) is 0 Å². The molecule has 9 aromatic carbocycles. The second kappa shape index (κ2) is 19.6. The summed E-state index contributed by atoms with van der Waals surface area (Å²) in [6.45, 7) is 0. The molecule has 0 saturated carbocycles. The van der Waals surface area contributed by atoms with Crippen LogP contribution in [0.2, 0.25) is 0 Å². The summed E-state index contributed by atoms with van der Waals surface area (Å²) in [5.41, 5.74) is 16.4. The summed E-state index contributed by atoms with van der Waals surface area (Å²) in [5.74, 6) is -1.76. The maximum Gasteiger partial charge on any atom is 0.247 e. The first-order chi connectivity index (χ1) is 35.3. The molecule has 0 bridgehead atoms. The van der Waals surface area contributed by atoms with E-state index in [1.165, 1.54) is 0 Å². The largest absolute Gasteiger partial charge is 0.521 e. The first-order valence-electron chi connectivity index (χ1n) is 23.2. The summed E-state index contributed by atoms with van der Waals surface area (Å²) in [6, 6.07) is 72.7. The molecule has 1 aliphatic rings. The van der Waals surface area contributed by atoms with Crippen LogP contribution in [0.5, 0.6) is 11.5 Å². The molecule has 9 heteroatoms. The fraction of sp³-hybridized carbons (Fsp3) is 0. The van der Waals surface area contributed by atoms with Gasteiger partial charge < -0.3 is 19.6 Å². The van der Waals surface area contributed by atoms with E-state index in [0.717, 1.165) is 122 Å². The van der Waals surface area contributed by atoms with Crippen molar-refractivity contribution >= 4 is 38.5 Å². The number of hydrogen-bond donors (Lipinski definition) is 1. The zero-order valence-electron chi connectivity index (χ0n) is 38.5. The SMILES string of the molecule is O=C(O)c1[c-]c(F)cc(F)c1.[Ir].[c-]1cccc2c1-c1ncc(-c3ccccc3-c3cc(-c4ccccc4-c4cnc5ccccc5c4)cc(-c4ccccc4-c4cnc5ccccc5c4)c3)c3cccc(c13)O2. The molecule has 351 valence electrons. The number of halogens is 2. The maximum absolute atomic E-state index is 12.3. The van der Waals surface area contributed by atoms with Gasteiger partial charge in [-0.25, -0.2) is 8.78 Å². The first-order valence-corrected chi connectivity index (χ1v) is 23.2. The number of rotatable bonds is 7. The fourth-order valence-electron chi connectivity index (χ4n) is 9.65. The molecule has 0 unspecified atom stereocenters. The van der Waals surface area contributed by atoms with Crippen LogP contribution in [0.15, 0.2) is 219 Å². The number of para-hydroxylation sites is 2. The number of carboxylic acids is 1. The maximum atomic E-state index is 12.3. The van der Waals surface area contributed by atoms with Gasteiger partial charge in [0.1, 0.15) is 5.75 Å². The molecule has 0 atom stereocenters. The van der Waals surface area contributed by atoms with E-state index in [4.69, 9.17) is 24.8 Å². The number of carboxylic acid groups (broad SMARTS) is 1. The van der Waals surface area contributed by atoms with Crippen LogP contribution in [0.25, 0.3) is 111 Å². The van der Waals surface area contributed by atoms with Crippen LogP contribution in [0.3, 0.4) is 0 Å². The average molecular weight is 1130 g/mol. The molecule has 0 spiro atoms. The predicted molar refractivity (Wildman–Crippen MR) is 281 cm³/mol. The minimum atomic E-state index is -1.40. The number of fused-ring (bicyclic) bond motifs is 4. The van der Waals surface area contributed by atoms with Gasteiger partial charge in [0.15, 0.2) is 0 Å². The minimum Gasteiger partial charge on any atom is -0.521 e. The van der Waals surface area contributed by atoms with Crippen LogP contribution >= 0.6 is 0 Å². The molecule has 1 aliphatic heterocycles. The second-order valence-electron chi connectivity index (χ2n) is 17.3. The molecular weight excluding hydrogens is 1090 g/mol. The predicted octanol–water partition coefficient (Wildman–Crippen LogP) is 16.4. The Balaban J connectivity index is 0.000000427. The van der Waals surface area contributed by atoms with Gasteiger partial charge in [0.05, 0.1) is 11.0 Å². The van der Waals surface area contributed by atoms with Crippen molar-refractivity contribution in [2.45, 2.75) is 0 Å². The Kier molecular flexibility index (Phi) is 12.5. The molecule has 1 N–H and O–H groups in total. The summed E-state index contributed by atoms with van der Waals surface area (Å²) in [6.07, 6.45) is 6.01. The molecule has 3 aromatic heterocycles. The van der Waals surface area contributed by atoms with Crippen LogP contribution < -0.4 is 4.74 Å². The average Bonchev–Trinajstić information content (AvgIpc) is 3.42. The van der Waals surface area contributed by atoms with E-state index in [9.17, 15) is 13.6 Å². The van der Waals surface area contributed by atoms with E-state index in [1.807, 2.05) is 61.1 Å². The standard InChI is InChI=1S/C57H34N3O.C7H3F2O2.Ir/c1-10-24-52-36(14-1)28-41(33-58-52)46-19-5-3-16-43(46)38-30-39(44-17-4-6-20-47(44)42-29-37-15-2-11-25-53(37)59-34-42)32-40(31-38)45-18-7-8-21-48(45)51-35-60-57-50-22-9-12-26-54(50)61-55-27-13-23-49(51)56(55)57;8-5-1-4(7(10)11)2-6(9)3-5;/h1-21,23-35H;1,3H,(H,10,11);/q2*-1;. The number of pyridine rings is 3. The van der Waals surface area contributed by atoms with Crippen molar-refractivity contribution in [2.24, 2.45) is 0 Å². The number of nitrogens with zero attached hydrogens (tertiary/aromatic N) is 3. The molecular formula is C64H37F2IrN3O3-2. The minimum absolute atomic E-state index is 0. The van der Waals surface area contributed by atoms with Crippen molar-refractivity contribution in [1.82, 2.24) is 15.0 Å². The summed E-state index contributed by atoms with van der Waals surface area (Å²) in [5, 5.41) is 12.6. The zero-order valence-corrected chi connectivity index (χ0v) is 40.9. The molecule has 0 amide bonds. The van der Waals surface area contributed by atoms with Gasteiger partial charge in [0, 0.05) is 94.6 Å². The number of aromatic carboxylic acids is 1. The number of hydrogen-bond acceptors (Lipinski definition) is 5. The van der Waals surface area contributed by atoms with E-state index in [0.29, 0.717) is 12.1 Å². The first kappa shape index (κ1) is 46.4. The molecule has 6 nitrogen and oxygen atoms in total. The third-order valence-electron chi connectivity index (χ3n) is 12.9. The summed E-state index contributed by atoms with van der Waals surface area (Å²) in [4.78, 5) is 25.0. The Morgan fingerprint density at radius 2 is 0.986 bits per heavy atom. The van der Waals surface area contributed by atoms with Crippen LogP contribution in [-0.4, -0.2) is 26.0 Å².